The molecular formula is C12H17NO. The van der Waals surface area contributed by atoms with Gasteiger partial charge in [0.15, 0.2) is 0 Å². The van der Waals surface area contributed by atoms with Gasteiger partial charge in [0.05, 0.1) is 0 Å². The van der Waals surface area contributed by atoms with Crippen LogP contribution in [0.4, 0.5) is 0 Å². The number of hydrogen-bond acceptors (Lipinski definition) is 2. The Kier molecular flexibility index (Phi) is 4.94. The van der Waals surface area contributed by atoms with Gasteiger partial charge in [0.25, 0.3) is 0 Å². The molecule has 1 N–H and O–H groups in total. The molecule has 0 unspecified atom stereocenters. The highest BCUT2D eigenvalue weighted by Gasteiger charge is 2.06. The standard InChI is InChI=1S/C12H17NO/c1-2-13-12(8-9-14)10-11-6-4-3-5-7-11/h3-7,9,12-13H,2,8,10H2,1H3/t12-/m1/s1. The van der Waals surface area contributed by atoms with Gasteiger partial charge in [-0.3, -0.25) is 0 Å². The van der Waals surface area contributed by atoms with Gasteiger partial charge >= 0.3 is 0 Å². The third-order valence-corrected chi connectivity index (χ3v) is 2.20. The largest absolute Gasteiger partial charge is 0.313 e. The van der Waals surface area contributed by atoms with Crippen LogP contribution in [-0.4, -0.2) is 18.9 Å². The van der Waals surface area contributed by atoms with E-state index in [1.54, 1.807) is 0 Å². The predicted octanol–water partition coefficient (Wildman–Crippen LogP) is 1.80. The zero-order chi connectivity index (χ0) is 10.2. The normalized spacial score (nSPS) is 12.4. The first-order chi connectivity index (χ1) is 6.86. The number of likely N-dealkylation sites (N-methyl/N-ethyl adjacent to an activating group) is 1. The van der Waals surface area contributed by atoms with E-state index in [2.05, 4.69) is 24.4 Å². The zero-order valence-electron chi connectivity index (χ0n) is 8.57. The Morgan fingerprint density at radius 3 is 2.64 bits per heavy atom. The number of carbonyl (C=O) groups excluding carboxylic acids is 1. The lowest BCUT2D eigenvalue weighted by Crippen LogP contribution is -2.31. The van der Waals surface area contributed by atoms with Crippen LogP contribution in [0.3, 0.4) is 0 Å². The van der Waals surface area contributed by atoms with Crippen LogP contribution in [0, 0.1) is 0 Å². The summed E-state index contributed by atoms with van der Waals surface area (Å²) < 4.78 is 0. The van der Waals surface area contributed by atoms with Crippen molar-refractivity contribution in [2.24, 2.45) is 0 Å². The maximum absolute atomic E-state index is 10.4. The molecule has 1 aromatic carbocycles. The molecule has 1 aromatic rings. The van der Waals surface area contributed by atoms with Crippen molar-refractivity contribution in [3.05, 3.63) is 35.9 Å². The van der Waals surface area contributed by atoms with Crippen LogP contribution >= 0.6 is 0 Å². The van der Waals surface area contributed by atoms with E-state index in [-0.39, 0.29) is 6.04 Å². The first-order valence-electron chi connectivity index (χ1n) is 5.07. The fourth-order valence-corrected chi connectivity index (χ4v) is 1.54. The average Bonchev–Trinajstić information content (AvgIpc) is 2.20. The summed E-state index contributed by atoms with van der Waals surface area (Å²) in [6.07, 6.45) is 2.49. The summed E-state index contributed by atoms with van der Waals surface area (Å²) in [5.74, 6) is 0. The molecule has 0 aliphatic rings. The summed E-state index contributed by atoms with van der Waals surface area (Å²) in [5, 5.41) is 3.30. The van der Waals surface area contributed by atoms with Crippen LogP contribution in [0.1, 0.15) is 18.9 Å². The molecule has 2 heteroatoms. The highest BCUT2D eigenvalue weighted by Crippen LogP contribution is 2.04. The lowest BCUT2D eigenvalue weighted by Gasteiger charge is -2.14. The number of hydrogen-bond donors (Lipinski definition) is 1. The summed E-state index contributed by atoms with van der Waals surface area (Å²) in [6.45, 7) is 2.97. The molecule has 0 amide bonds. The molecule has 0 aliphatic carbocycles. The van der Waals surface area contributed by atoms with Crippen LogP contribution in [0.2, 0.25) is 0 Å². The fraction of sp³-hybridized carbons (Fsp3) is 0.417. The van der Waals surface area contributed by atoms with Gasteiger partial charge in [0.1, 0.15) is 6.29 Å². The lowest BCUT2D eigenvalue weighted by molar-refractivity contribution is -0.108. The van der Waals surface area contributed by atoms with Crippen molar-refractivity contribution >= 4 is 6.29 Å². The van der Waals surface area contributed by atoms with Gasteiger partial charge in [0.2, 0.25) is 0 Å². The van der Waals surface area contributed by atoms with E-state index in [0.717, 1.165) is 19.3 Å². The van der Waals surface area contributed by atoms with Crippen LogP contribution in [0.15, 0.2) is 30.3 Å². The van der Waals surface area contributed by atoms with Gasteiger partial charge in [-0.25, -0.2) is 0 Å². The second-order valence-electron chi connectivity index (χ2n) is 3.35. The van der Waals surface area contributed by atoms with Crippen molar-refractivity contribution in [2.75, 3.05) is 6.54 Å². The monoisotopic (exact) mass is 191 g/mol. The molecule has 0 fully saturated rings. The Morgan fingerprint density at radius 2 is 2.07 bits per heavy atom. The molecule has 0 heterocycles. The molecule has 1 rings (SSSR count). The molecule has 2 nitrogen and oxygen atoms in total. The molecule has 0 saturated heterocycles. The van der Waals surface area contributed by atoms with Crippen molar-refractivity contribution in [2.45, 2.75) is 25.8 Å². The highest BCUT2D eigenvalue weighted by atomic mass is 16.1. The summed E-state index contributed by atoms with van der Waals surface area (Å²) in [5.41, 5.74) is 1.28. The van der Waals surface area contributed by atoms with E-state index in [9.17, 15) is 4.79 Å². The van der Waals surface area contributed by atoms with E-state index in [0.29, 0.717) is 6.42 Å². The quantitative estimate of drug-likeness (QED) is 0.695. The molecule has 0 radical (unpaired) electrons. The molecule has 76 valence electrons. The molecular weight excluding hydrogens is 174 g/mol. The van der Waals surface area contributed by atoms with Crippen molar-refractivity contribution in [3.8, 4) is 0 Å². The minimum absolute atomic E-state index is 0.278. The number of carbonyl (C=O) groups is 1. The summed E-state index contributed by atoms with van der Waals surface area (Å²) >= 11 is 0. The van der Waals surface area contributed by atoms with Crippen molar-refractivity contribution in [1.82, 2.24) is 5.32 Å². The average molecular weight is 191 g/mol. The van der Waals surface area contributed by atoms with Gasteiger partial charge in [-0.2, -0.15) is 0 Å². The fourth-order valence-electron chi connectivity index (χ4n) is 1.54. The van der Waals surface area contributed by atoms with Crippen LogP contribution in [-0.2, 0) is 11.2 Å². The second kappa shape index (κ2) is 6.33. The van der Waals surface area contributed by atoms with Crippen LogP contribution in [0.25, 0.3) is 0 Å². The Balaban J connectivity index is 2.50. The first kappa shape index (κ1) is 10.9. The molecule has 0 aromatic heterocycles. The minimum atomic E-state index is 0.278. The van der Waals surface area contributed by atoms with Gasteiger partial charge in [-0.05, 0) is 18.5 Å². The molecule has 0 bridgehead atoms. The first-order valence-corrected chi connectivity index (χ1v) is 5.07. The van der Waals surface area contributed by atoms with E-state index >= 15 is 0 Å². The third-order valence-electron chi connectivity index (χ3n) is 2.20. The zero-order valence-corrected chi connectivity index (χ0v) is 8.57. The summed E-state index contributed by atoms with van der Waals surface area (Å²) in [4.78, 5) is 10.4. The Morgan fingerprint density at radius 1 is 1.36 bits per heavy atom. The number of benzene rings is 1. The van der Waals surface area contributed by atoms with E-state index in [1.807, 2.05) is 18.2 Å². The van der Waals surface area contributed by atoms with Crippen molar-refractivity contribution < 1.29 is 4.79 Å². The number of rotatable bonds is 6. The highest BCUT2D eigenvalue weighted by molar-refractivity contribution is 5.50. The Bertz CT molecular complexity index is 258. The molecule has 14 heavy (non-hydrogen) atoms. The van der Waals surface area contributed by atoms with Gasteiger partial charge < -0.3 is 10.1 Å². The maximum Gasteiger partial charge on any atom is 0.121 e. The van der Waals surface area contributed by atoms with Gasteiger partial charge in [-0.1, -0.05) is 37.3 Å². The maximum atomic E-state index is 10.4. The summed E-state index contributed by atoms with van der Waals surface area (Å²) in [7, 11) is 0. The SMILES string of the molecule is CCN[C@H](CC=O)Cc1ccccc1. The van der Waals surface area contributed by atoms with Gasteiger partial charge in [0, 0.05) is 12.5 Å². The Hall–Kier alpha value is -1.15. The third kappa shape index (κ3) is 3.71. The summed E-state index contributed by atoms with van der Waals surface area (Å²) in [6, 6.07) is 10.5. The lowest BCUT2D eigenvalue weighted by atomic mass is 10.0. The smallest absolute Gasteiger partial charge is 0.121 e. The van der Waals surface area contributed by atoms with Gasteiger partial charge in [-0.15, -0.1) is 0 Å². The molecule has 1 atom stereocenters. The molecule has 0 aliphatic heterocycles. The van der Waals surface area contributed by atoms with Crippen molar-refractivity contribution in [1.29, 1.82) is 0 Å². The van der Waals surface area contributed by atoms with Crippen molar-refractivity contribution in [3.63, 3.8) is 0 Å². The van der Waals surface area contributed by atoms with Crippen LogP contribution in [0.5, 0.6) is 0 Å². The Labute approximate surface area is 85.3 Å². The molecule has 0 saturated carbocycles. The van der Waals surface area contributed by atoms with E-state index in [4.69, 9.17) is 0 Å². The minimum Gasteiger partial charge on any atom is -0.313 e. The molecule has 0 spiro atoms. The van der Waals surface area contributed by atoms with E-state index in [1.165, 1.54) is 5.56 Å². The van der Waals surface area contributed by atoms with Crippen LogP contribution < -0.4 is 5.32 Å². The number of nitrogens with one attached hydrogen (secondary N) is 1. The van der Waals surface area contributed by atoms with E-state index < -0.39 is 0 Å². The second-order valence-corrected chi connectivity index (χ2v) is 3.35. The predicted molar refractivity (Wildman–Crippen MR) is 58.3 cm³/mol. The number of aldehydes is 1. The topological polar surface area (TPSA) is 29.1 Å².